The molecule has 4 nitrogen and oxygen atoms in total. The molecule has 0 aliphatic carbocycles. The minimum atomic E-state index is -5.69. The molecule has 0 bridgehead atoms. The number of nitrogens with one attached hydrogen (secondary N) is 1. The summed E-state index contributed by atoms with van der Waals surface area (Å²) in [6, 6.07) is -2.28. The van der Waals surface area contributed by atoms with Gasteiger partial charge in [0.1, 0.15) is 11.8 Å². The highest BCUT2D eigenvalue weighted by Crippen LogP contribution is 2.40. The molecule has 0 saturated carbocycles. The molecule has 0 aromatic heterocycles. The number of carbonyl (C=O) groups is 1. The summed E-state index contributed by atoms with van der Waals surface area (Å²) >= 11 is 0. The van der Waals surface area contributed by atoms with Crippen LogP contribution in [0, 0.1) is 0 Å². The highest BCUT2D eigenvalue weighted by molar-refractivity contribution is 6.36. The van der Waals surface area contributed by atoms with Crippen molar-refractivity contribution in [3.8, 4) is 0 Å². The number of halogens is 5. The minimum Gasteiger partial charge on any atom is -0.464 e. The lowest BCUT2D eigenvalue weighted by atomic mass is 10.0. The van der Waals surface area contributed by atoms with Crippen LogP contribution in [0.15, 0.2) is 5.10 Å². The Kier molecular flexibility index (Phi) is 3.06. The molecule has 1 N–H and O–H groups in total. The normalized spacial score (nSPS) is 21.4. The van der Waals surface area contributed by atoms with Crippen LogP contribution in [-0.4, -0.2) is 36.9 Å². The number of hydrogen-bond donors (Lipinski definition) is 1. The summed E-state index contributed by atoms with van der Waals surface area (Å²) in [7, 11) is 0.972. The SMILES string of the molecule is COC(=O)C1=NNC(C(F)(F)C(F)(F)F)C1. The summed E-state index contributed by atoms with van der Waals surface area (Å²) in [4.78, 5) is 10.8. The molecule has 0 aromatic carbocycles. The Morgan fingerprint density at radius 3 is 2.44 bits per heavy atom. The molecule has 1 aliphatic heterocycles. The monoisotopic (exact) mass is 246 g/mol. The molecule has 0 amide bonds. The van der Waals surface area contributed by atoms with Crippen LogP contribution in [-0.2, 0) is 9.53 Å². The summed E-state index contributed by atoms with van der Waals surface area (Å²) in [6.45, 7) is 0. The minimum absolute atomic E-state index is 0.489. The van der Waals surface area contributed by atoms with Crippen LogP contribution in [0.5, 0.6) is 0 Å². The largest absolute Gasteiger partial charge is 0.464 e. The van der Waals surface area contributed by atoms with Crippen molar-refractivity contribution in [2.45, 2.75) is 24.6 Å². The summed E-state index contributed by atoms with van der Waals surface area (Å²) in [6.07, 6.45) is -6.52. The van der Waals surface area contributed by atoms with Gasteiger partial charge in [-0.2, -0.15) is 27.1 Å². The molecule has 1 unspecified atom stereocenters. The Morgan fingerprint density at radius 2 is 2.00 bits per heavy atom. The number of ether oxygens (including phenoxy) is 1. The van der Waals surface area contributed by atoms with Gasteiger partial charge in [0, 0.05) is 6.42 Å². The molecule has 1 atom stereocenters. The molecule has 9 heteroatoms. The first-order chi connectivity index (χ1) is 7.20. The Balaban J connectivity index is 2.74. The van der Waals surface area contributed by atoms with Gasteiger partial charge in [0.05, 0.1) is 7.11 Å². The smallest absolute Gasteiger partial charge is 0.455 e. The van der Waals surface area contributed by atoms with E-state index in [2.05, 4.69) is 9.84 Å². The van der Waals surface area contributed by atoms with Gasteiger partial charge in [-0.05, 0) is 0 Å². The van der Waals surface area contributed by atoms with Gasteiger partial charge >= 0.3 is 18.1 Å². The van der Waals surface area contributed by atoms with Gasteiger partial charge in [-0.25, -0.2) is 4.79 Å². The maximum absolute atomic E-state index is 12.8. The molecule has 1 aliphatic rings. The van der Waals surface area contributed by atoms with E-state index in [0.29, 0.717) is 0 Å². The van der Waals surface area contributed by atoms with Gasteiger partial charge in [-0.3, -0.25) is 5.43 Å². The lowest BCUT2D eigenvalue weighted by Gasteiger charge is -2.24. The summed E-state index contributed by atoms with van der Waals surface area (Å²) in [5.41, 5.74) is 1.10. The van der Waals surface area contributed by atoms with Crippen molar-refractivity contribution in [3.63, 3.8) is 0 Å². The molecule has 16 heavy (non-hydrogen) atoms. The fourth-order valence-electron chi connectivity index (χ4n) is 1.09. The quantitative estimate of drug-likeness (QED) is 0.585. The van der Waals surface area contributed by atoms with Crippen molar-refractivity contribution in [2.75, 3.05) is 7.11 Å². The highest BCUT2D eigenvalue weighted by Gasteiger charge is 2.63. The van der Waals surface area contributed by atoms with Crippen molar-refractivity contribution < 1.29 is 31.5 Å². The van der Waals surface area contributed by atoms with Crippen molar-refractivity contribution in [2.24, 2.45) is 5.10 Å². The first-order valence-electron chi connectivity index (χ1n) is 4.05. The van der Waals surface area contributed by atoms with Crippen LogP contribution in [0.25, 0.3) is 0 Å². The zero-order valence-corrected chi connectivity index (χ0v) is 7.94. The van der Waals surface area contributed by atoms with Crippen molar-refractivity contribution in [3.05, 3.63) is 0 Å². The van der Waals surface area contributed by atoms with Gasteiger partial charge < -0.3 is 4.74 Å². The molecule has 0 spiro atoms. The number of hydrazone groups is 1. The zero-order chi connectivity index (χ0) is 12.6. The molecule has 1 rings (SSSR count). The first kappa shape index (κ1) is 12.7. The number of hydrogen-bond acceptors (Lipinski definition) is 4. The highest BCUT2D eigenvalue weighted by atomic mass is 19.4. The number of rotatable bonds is 2. The maximum atomic E-state index is 12.8. The Bertz CT molecular complexity index is 325. The van der Waals surface area contributed by atoms with Crippen LogP contribution in [0.2, 0.25) is 0 Å². The standard InChI is InChI=1S/C7H7F5N2O2/c1-16-5(15)3-2-4(14-13-3)6(8,9)7(10,11)12/h4,14H,2H2,1H3. The average Bonchev–Trinajstić information content (AvgIpc) is 2.64. The Labute approximate surface area is 86.4 Å². The lowest BCUT2D eigenvalue weighted by molar-refractivity contribution is -0.291. The number of carbonyl (C=O) groups excluding carboxylic acids is 1. The molecule has 0 aromatic rings. The second-order valence-electron chi connectivity index (χ2n) is 3.06. The van der Waals surface area contributed by atoms with E-state index in [9.17, 15) is 26.7 Å². The molecule has 1 heterocycles. The Morgan fingerprint density at radius 1 is 1.44 bits per heavy atom. The predicted molar refractivity (Wildman–Crippen MR) is 42.0 cm³/mol. The summed E-state index contributed by atoms with van der Waals surface area (Å²) in [5.74, 6) is -5.99. The molecule has 0 radical (unpaired) electrons. The van der Waals surface area contributed by atoms with Gasteiger partial charge in [-0.15, -0.1) is 0 Å². The fourth-order valence-corrected chi connectivity index (χ4v) is 1.09. The number of alkyl halides is 5. The molecule has 0 fully saturated rings. The number of esters is 1. The van der Waals surface area contributed by atoms with Gasteiger partial charge in [-0.1, -0.05) is 0 Å². The van der Waals surface area contributed by atoms with E-state index < -0.39 is 36.2 Å². The van der Waals surface area contributed by atoms with E-state index in [1.807, 2.05) is 0 Å². The Hall–Kier alpha value is -1.41. The van der Waals surface area contributed by atoms with E-state index >= 15 is 0 Å². The molecule has 0 saturated heterocycles. The van der Waals surface area contributed by atoms with Crippen molar-refractivity contribution >= 4 is 11.7 Å². The van der Waals surface area contributed by atoms with Gasteiger partial charge in [0.15, 0.2) is 0 Å². The second kappa shape index (κ2) is 3.87. The predicted octanol–water partition coefficient (Wildman–Crippen LogP) is 1.07. The first-order valence-corrected chi connectivity index (χ1v) is 4.05. The molecule has 92 valence electrons. The lowest BCUT2D eigenvalue weighted by Crippen LogP contribution is -2.51. The van der Waals surface area contributed by atoms with Gasteiger partial charge in [0.25, 0.3) is 0 Å². The zero-order valence-electron chi connectivity index (χ0n) is 7.94. The maximum Gasteiger partial charge on any atom is 0.455 e. The van der Waals surface area contributed by atoms with E-state index in [4.69, 9.17) is 0 Å². The summed E-state index contributed by atoms with van der Waals surface area (Å²) < 4.78 is 65.5. The van der Waals surface area contributed by atoms with E-state index in [-0.39, 0.29) is 0 Å². The third kappa shape index (κ3) is 2.07. The molecular weight excluding hydrogens is 239 g/mol. The van der Waals surface area contributed by atoms with Gasteiger partial charge in [0.2, 0.25) is 0 Å². The third-order valence-corrected chi connectivity index (χ3v) is 1.99. The van der Waals surface area contributed by atoms with Crippen LogP contribution in [0.4, 0.5) is 22.0 Å². The van der Waals surface area contributed by atoms with E-state index in [0.717, 1.165) is 7.11 Å². The summed E-state index contributed by atoms with van der Waals surface area (Å²) in [5, 5.41) is 3.08. The van der Waals surface area contributed by atoms with Crippen LogP contribution in [0.1, 0.15) is 6.42 Å². The van der Waals surface area contributed by atoms with E-state index in [1.54, 1.807) is 5.43 Å². The van der Waals surface area contributed by atoms with Crippen molar-refractivity contribution in [1.29, 1.82) is 0 Å². The number of nitrogens with zero attached hydrogens (tertiary/aromatic N) is 1. The van der Waals surface area contributed by atoms with E-state index in [1.165, 1.54) is 0 Å². The van der Waals surface area contributed by atoms with Crippen LogP contribution < -0.4 is 5.43 Å². The van der Waals surface area contributed by atoms with Crippen LogP contribution in [0.3, 0.4) is 0 Å². The molecular formula is C7H7F5N2O2. The fraction of sp³-hybridized carbons (Fsp3) is 0.714. The average molecular weight is 246 g/mol. The topological polar surface area (TPSA) is 50.7 Å². The number of methoxy groups -OCH3 is 1. The van der Waals surface area contributed by atoms with Crippen molar-refractivity contribution in [1.82, 2.24) is 5.43 Å². The second-order valence-corrected chi connectivity index (χ2v) is 3.06. The third-order valence-electron chi connectivity index (χ3n) is 1.99. The van der Waals surface area contributed by atoms with Crippen LogP contribution >= 0.6 is 0 Å².